The molecule has 0 spiro atoms. The van der Waals surface area contributed by atoms with Crippen molar-refractivity contribution in [3.05, 3.63) is 96.1 Å². The van der Waals surface area contributed by atoms with E-state index in [4.69, 9.17) is 16.3 Å². The van der Waals surface area contributed by atoms with E-state index in [2.05, 4.69) is 27.8 Å². The van der Waals surface area contributed by atoms with E-state index in [1.807, 2.05) is 42.5 Å². The number of rotatable bonds is 5. The van der Waals surface area contributed by atoms with Crippen molar-refractivity contribution in [1.29, 1.82) is 0 Å². The van der Waals surface area contributed by atoms with Gasteiger partial charge in [-0.25, -0.2) is 13.1 Å². The largest absolute Gasteiger partial charge is 0.378 e. The molecule has 0 bridgehead atoms. The highest BCUT2D eigenvalue weighted by Gasteiger charge is 2.51. The van der Waals surface area contributed by atoms with Crippen LogP contribution in [-0.2, 0) is 24.4 Å². The van der Waals surface area contributed by atoms with Gasteiger partial charge in [0.2, 0.25) is 10.0 Å². The Morgan fingerprint density at radius 3 is 2.27 bits per heavy atom. The summed E-state index contributed by atoms with van der Waals surface area (Å²) in [6, 6.07) is 26.0. The number of para-hydroxylation sites is 1. The lowest BCUT2D eigenvalue weighted by molar-refractivity contribution is -0.118. The van der Waals surface area contributed by atoms with E-state index in [1.54, 1.807) is 37.8 Å². The Bertz CT molecular complexity index is 1750. The first kappa shape index (κ1) is 27.7. The molecule has 41 heavy (non-hydrogen) atoms. The zero-order chi connectivity index (χ0) is 29.0. The molecule has 9 heteroatoms. The number of sulfonamides is 1. The van der Waals surface area contributed by atoms with E-state index in [-0.39, 0.29) is 10.8 Å². The van der Waals surface area contributed by atoms with Gasteiger partial charge in [-0.15, -0.1) is 0 Å². The van der Waals surface area contributed by atoms with Gasteiger partial charge >= 0.3 is 0 Å². The number of carbonyl (C=O) groups is 1. The van der Waals surface area contributed by atoms with E-state index in [0.717, 1.165) is 35.2 Å². The molecule has 1 N–H and O–H groups in total. The van der Waals surface area contributed by atoms with Crippen molar-refractivity contribution in [2.24, 2.45) is 0 Å². The summed E-state index contributed by atoms with van der Waals surface area (Å²) in [4.78, 5) is 16.9. The minimum atomic E-state index is -3.74. The molecular formula is C32H32ClN3O4S. The Morgan fingerprint density at radius 2 is 1.56 bits per heavy atom. The molecule has 0 aliphatic carbocycles. The van der Waals surface area contributed by atoms with Gasteiger partial charge in [-0.05, 0) is 68.1 Å². The maximum Gasteiger partial charge on any atom is 0.261 e. The average molecular weight is 590 g/mol. The smallest absolute Gasteiger partial charge is 0.261 e. The molecule has 2 aliphatic heterocycles. The van der Waals surface area contributed by atoms with Gasteiger partial charge in [0.05, 0.1) is 29.5 Å². The van der Waals surface area contributed by atoms with Crippen LogP contribution in [0.2, 0.25) is 0 Å². The maximum atomic E-state index is 14.4. The molecule has 0 aromatic heterocycles. The van der Waals surface area contributed by atoms with Crippen molar-refractivity contribution in [3.8, 4) is 0 Å². The number of halogens is 1. The second-order valence-corrected chi connectivity index (χ2v) is 13.7. The van der Waals surface area contributed by atoms with Gasteiger partial charge in [0.25, 0.3) is 5.91 Å². The molecule has 1 unspecified atom stereocenters. The molecule has 1 atom stereocenters. The fourth-order valence-corrected chi connectivity index (χ4v) is 7.44. The monoisotopic (exact) mass is 589 g/mol. The highest BCUT2D eigenvalue weighted by Crippen LogP contribution is 2.52. The number of carbonyl (C=O) groups excluding carboxylic acids is 1. The quantitative estimate of drug-likeness (QED) is 0.293. The number of hydrogen-bond acceptors (Lipinski definition) is 5. The maximum absolute atomic E-state index is 14.4. The van der Waals surface area contributed by atoms with Crippen LogP contribution in [0.4, 0.5) is 17.1 Å². The summed E-state index contributed by atoms with van der Waals surface area (Å²) in [5, 5.41) is 1.95. The molecule has 7 nitrogen and oxygen atoms in total. The minimum absolute atomic E-state index is 0.108. The fourth-order valence-electron chi connectivity index (χ4n) is 5.65. The molecule has 2 heterocycles. The fraction of sp³-hybridized carbons (Fsp3) is 0.281. The second kappa shape index (κ2) is 10.1. The minimum Gasteiger partial charge on any atom is -0.378 e. The number of hydrogen-bond donors (Lipinski definition) is 1. The number of amides is 1. The first-order valence-electron chi connectivity index (χ1n) is 13.6. The number of benzene rings is 4. The van der Waals surface area contributed by atoms with Crippen molar-refractivity contribution in [2.45, 2.75) is 36.1 Å². The van der Waals surface area contributed by atoms with Crippen LogP contribution in [0.25, 0.3) is 10.8 Å². The third-order valence-electron chi connectivity index (χ3n) is 7.47. The molecule has 212 valence electrons. The summed E-state index contributed by atoms with van der Waals surface area (Å²) >= 11 is 7.30. The standard InChI is InChI=1S/C32H32ClN3O4S/c1-31(2,3)34-41(38,39)25-14-11-23(12-15-25)32(33)27-8-4-5-9-29(27)36(30(32)37)28-10-6-7-22-21-24(13-16-26(22)28)35-17-19-40-20-18-35/h4-16,21,34H,17-20H2,1-3H3. The Labute approximate surface area is 245 Å². The van der Waals surface area contributed by atoms with Crippen LogP contribution in [0.5, 0.6) is 0 Å². The van der Waals surface area contributed by atoms with Crippen molar-refractivity contribution in [3.63, 3.8) is 0 Å². The third-order valence-corrected chi connectivity index (χ3v) is 9.83. The van der Waals surface area contributed by atoms with E-state index in [9.17, 15) is 13.2 Å². The zero-order valence-electron chi connectivity index (χ0n) is 23.2. The number of nitrogens with zero attached hydrogens (tertiary/aromatic N) is 2. The van der Waals surface area contributed by atoms with Crippen molar-refractivity contribution in [2.75, 3.05) is 36.1 Å². The molecule has 1 saturated heterocycles. The number of morpholine rings is 1. The first-order valence-corrected chi connectivity index (χ1v) is 15.5. The summed E-state index contributed by atoms with van der Waals surface area (Å²) in [5.41, 5.74) is 3.08. The van der Waals surface area contributed by atoms with E-state index in [1.165, 1.54) is 12.1 Å². The summed E-state index contributed by atoms with van der Waals surface area (Å²) in [7, 11) is -3.74. The number of anilines is 3. The zero-order valence-corrected chi connectivity index (χ0v) is 24.8. The molecule has 2 aliphatic rings. The highest BCUT2D eigenvalue weighted by atomic mass is 35.5. The predicted octanol–water partition coefficient (Wildman–Crippen LogP) is 5.91. The van der Waals surface area contributed by atoms with Crippen LogP contribution in [0.3, 0.4) is 0 Å². The number of nitrogens with one attached hydrogen (secondary N) is 1. The van der Waals surface area contributed by atoms with Gasteiger partial charge in [-0.2, -0.15) is 0 Å². The molecule has 4 aromatic rings. The van der Waals surface area contributed by atoms with Crippen LogP contribution in [-0.4, -0.2) is 46.2 Å². The molecule has 6 rings (SSSR count). The molecule has 1 fully saturated rings. The Morgan fingerprint density at radius 1 is 0.878 bits per heavy atom. The van der Waals surface area contributed by atoms with Gasteiger partial charge in [0.1, 0.15) is 0 Å². The average Bonchev–Trinajstić information content (AvgIpc) is 3.19. The van der Waals surface area contributed by atoms with Gasteiger partial charge in [0, 0.05) is 35.3 Å². The first-order chi connectivity index (χ1) is 19.5. The second-order valence-electron chi connectivity index (χ2n) is 11.5. The molecule has 0 radical (unpaired) electrons. The highest BCUT2D eigenvalue weighted by molar-refractivity contribution is 7.89. The molecular weight excluding hydrogens is 558 g/mol. The van der Waals surface area contributed by atoms with Gasteiger partial charge < -0.3 is 9.64 Å². The summed E-state index contributed by atoms with van der Waals surface area (Å²) in [6.07, 6.45) is 0. The van der Waals surface area contributed by atoms with E-state index in [0.29, 0.717) is 30.0 Å². The van der Waals surface area contributed by atoms with Crippen LogP contribution >= 0.6 is 11.6 Å². The van der Waals surface area contributed by atoms with Crippen LogP contribution in [0, 0.1) is 0 Å². The van der Waals surface area contributed by atoms with Crippen molar-refractivity contribution < 1.29 is 17.9 Å². The number of alkyl halides is 1. The lowest BCUT2D eigenvalue weighted by Crippen LogP contribution is -2.40. The van der Waals surface area contributed by atoms with Crippen LogP contribution in [0.15, 0.2) is 89.8 Å². The van der Waals surface area contributed by atoms with Gasteiger partial charge in [0.15, 0.2) is 4.87 Å². The normalized spacial score (nSPS) is 19.6. The topological polar surface area (TPSA) is 79.0 Å². The van der Waals surface area contributed by atoms with Crippen LogP contribution < -0.4 is 14.5 Å². The summed E-state index contributed by atoms with van der Waals surface area (Å²) < 4.78 is 33.9. The summed E-state index contributed by atoms with van der Waals surface area (Å²) in [6.45, 7) is 8.43. The van der Waals surface area contributed by atoms with Gasteiger partial charge in [-0.3, -0.25) is 9.69 Å². The SMILES string of the molecule is CC(C)(C)NS(=O)(=O)c1ccc(C2(Cl)C(=O)N(c3cccc4cc(N5CCOCC5)ccc34)c3ccccc32)cc1. The van der Waals surface area contributed by atoms with Crippen LogP contribution in [0.1, 0.15) is 31.9 Å². The Balaban J connectivity index is 1.41. The molecule has 1 amide bonds. The van der Waals surface area contributed by atoms with Crippen molar-refractivity contribution >= 4 is 55.4 Å². The van der Waals surface area contributed by atoms with E-state index >= 15 is 0 Å². The number of ether oxygens (including phenoxy) is 1. The van der Waals surface area contributed by atoms with E-state index < -0.39 is 20.4 Å². The Kier molecular flexibility index (Phi) is 6.85. The van der Waals surface area contributed by atoms with Crippen molar-refractivity contribution in [1.82, 2.24) is 4.72 Å². The number of fused-ring (bicyclic) bond motifs is 2. The third kappa shape index (κ3) is 4.89. The summed E-state index contributed by atoms with van der Waals surface area (Å²) in [5.74, 6) is -0.312. The Hall–Kier alpha value is -3.43. The predicted molar refractivity (Wildman–Crippen MR) is 164 cm³/mol. The lowest BCUT2D eigenvalue weighted by Gasteiger charge is -2.29. The van der Waals surface area contributed by atoms with Gasteiger partial charge in [-0.1, -0.05) is 60.1 Å². The molecule has 0 saturated carbocycles. The molecule has 4 aromatic carbocycles. The lowest BCUT2D eigenvalue weighted by atomic mass is 9.91.